The Morgan fingerprint density at radius 3 is 2.28 bits per heavy atom. The Morgan fingerprint density at radius 1 is 1.16 bits per heavy atom. The standard InChI is InChI=1S/C20H24N2O3/c1-4-7-14-10-15(21(18(14)23)11-13(2)3)12-22-19(24)16-8-5-6-9-17(16)20(22)25/h4-6,8-9,13-15H,1,7,10-12H2,2-3H3/t14-,15+/m1/s1. The van der Waals surface area contributed by atoms with Crippen LogP contribution in [0, 0.1) is 11.8 Å². The summed E-state index contributed by atoms with van der Waals surface area (Å²) in [7, 11) is 0. The Bertz CT molecular complexity index is 690. The normalized spacial score (nSPS) is 22.9. The van der Waals surface area contributed by atoms with Crippen LogP contribution >= 0.6 is 0 Å². The average molecular weight is 340 g/mol. The van der Waals surface area contributed by atoms with Crippen molar-refractivity contribution in [3.63, 3.8) is 0 Å². The number of allylic oxidation sites excluding steroid dienone is 1. The van der Waals surface area contributed by atoms with Crippen LogP contribution in [0.1, 0.15) is 47.4 Å². The van der Waals surface area contributed by atoms with Gasteiger partial charge in [0.25, 0.3) is 11.8 Å². The number of carbonyl (C=O) groups is 3. The zero-order chi connectivity index (χ0) is 18.1. The van der Waals surface area contributed by atoms with E-state index in [9.17, 15) is 14.4 Å². The van der Waals surface area contributed by atoms with E-state index in [4.69, 9.17) is 0 Å². The van der Waals surface area contributed by atoms with Crippen molar-refractivity contribution in [3.8, 4) is 0 Å². The summed E-state index contributed by atoms with van der Waals surface area (Å²) in [5.74, 6) is -0.183. The monoisotopic (exact) mass is 340 g/mol. The molecule has 0 bridgehead atoms. The van der Waals surface area contributed by atoms with Crippen molar-refractivity contribution < 1.29 is 14.4 Å². The highest BCUT2D eigenvalue weighted by molar-refractivity contribution is 6.21. The van der Waals surface area contributed by atoms with Crippen LogP contribution in [0.5, 0.6) is 0 Å². The van der Waals surface area contributed by atoms with Crippen molar-refractivity contribution in [1.29, 1.82) is 0 Å². The summed E-state index contributed by atoms with van der Waals surface area (Å²) in [5.41, 5.74) is 0.907. The van der Waals surface area contributed by atoms with Crippen molar-refractivity contribution in [2.24, 2.45) is 11.8 Å². The second kappa shape index (κ2) is 6.82. The van der Waals surface area contributed by atoms with E-state index in [1.165, 1.54) is 4.90 Å². The molecule has 0 radical (unpaired) electrons. The predicted molar refractivity (Wildman–Crippen MR) is 95.1 cm³/mol. The molecule has 5 heteroatoms. The van der Waals surface area contributed by atoms with Crippen molar-refractivity contribution >= 4 is 17.7 Å². The second-order valence-electron chi connectivity index (χ2n) is 7.26. The van der Waals surface area contributed by atoms with Gasteiger partial charge in [0.2, 0.25) is 5.91 Å². The molecule has 2 aliphatic rings. The van der Waals surface area contributed by atoms with E-state index in [2.05, 4.69) is 20.4 Å². The maximum absolute atomic E-state index is 12.7. The van der Waals surface area contributed by atoms with Gasteiger partial charge in [-0.3, -0.25) is 19.3 Å². The Balaban J connectivity index is 1.81. The lowest BCUT2D eigenvalue weighted by Crippen LogP contribution is -2.45. The third-order valence-electron chi connectivity index (χ3n) is 4.91. The molecule has 0 aromatic heterocycles. The molecular weight excluding hydrogens is 316 g/mol. The first-order valence-corrected chi connectivity index (χ1v) is 8.80. The predicted octanol–water partition coefficient (Wildman–Crippen LogP) is 2.73. The Morgan fingerprint density at radius 2 is 1.76 bits per heavy atom. The lowest BCUT2D eigenvalue weighted by Gasteiger charge is -2.29. The molecular formula is C20H24N2O3. The number of hydrogen-bond donors (Lipinski definition) is 0. The maximum atomic E-state index is 12.7. The van der Waals surface area contributed by atoms with Gasteiger partial charge in [-0.15, -0.1) is 6.58 Å². The molecule has 1 aromatic carbocycles. The van der Waals surface area contributed by atoms with E-state index in [1.54, 1.807) is 30.3 Å². The van der Waals surface area contributed by atoms with Crippen molar-refractivity contribution in [3.05, 3.63) is 48.0 Å². The van der Waals surface area contributed by atoms with Crippen molar-refractivity contribution in [2.45, 2.75) is 32.7 Å². The van der Waals surface area contributed by atoms with Gasteiger partial charge < -0.3 is 4.90 Å². The molecule has 0 spiro atoms. The molecule has 0 aliphatic carbocycles. The van der Waals surface area contributed by atoms with Gasteiger partial charge in [0, 0.05) is 19.0 Å². The highest BCUT2D eigenvalue weighted by Gasteiger charge is 2.43. The number of nitrogens with zero attached hydrogens (tertiary/aromatic N) is 2. The summed E-state index contributed by atoms with van der Waals surface area (Å²) in [6, 6.07) is 6.76. The molecule has 3 rings (SSSR count). The molecule has 132 valence electrons. The molecule has 0 N–H and O–H groups in total. The summed E-state index contributed by atoms with van der Waals surface area (Å²) in [6.45, 7) is 8.76. The van der Waals surface area contributed by atoms with Crippen LogP contribution in [0.15, 0.2) is 36.9 Å². The molecule has 0 unspecified atom stereocenters. The Kier molecular flexibility index (Phi) is 4.75. The number of rotatable bonds is 6. The molecule has 1 saturated heterocycles. The number of benzene rings is 1. The van der Waals surface area contributed by atoms with Crippen LogP contribution in [0.2, 0.25) is 0 Å². The lowest BCUT2D eigenvalue weighted by molar-refractivity contribution is -0.132. The van der Waals surface area contributed by atoms with Gasteiger partial charge in [-0.25, -0.2) is 0 Å². The number of amides is 3. The molecule has 2 atom stereocenters. The summed E-state index contributed by atoms with van der Waals surface area (Å²) < 4.78 is 0. The van der Waals surface area contributed by atoms with Crippen LogP contribution in [-0.2, 0) is 4.79 Å². The molecule has 3 amide bonds. The number of fused-ring (bicyclic) bond motifs is 1. The zero-order valence-electron chi connectivity index (χ0n) is 14.8. The van der Waals surface area contributed by atoms with Gasteiger partial charge in [-0.1, -0.05) is 32.1 Å². The van der Waals surface area contributed by atoms with Crippen molar-refractivity contribution in [2.75, 3.05) is 13.1 Å². The fraction of sp³-hybridized carbons (Fsp3) is 0.450. The molecule has 2 aliphatic heterocycles. The highest BCUT2D eigenvalue weighted by atomic mass is 16.2. The Labute approximate surface area is 148 Å². The van der Waals surface area contributed by atoms with E-state index in [0.29, 0.717) is 36.4 Å². The second-order valence-corrected chi connectivity index (χ2v) is 7.26. The third-order valence-corrected chi connectivity index (χ3v) is 4.91. The van der Waals surface area contributed by atoms with Gasteiger partial charge in [0.05, 0.1) is 17.2 Å². The minimum absolute atomic E-state index is 0.101. The van der Waals surface area contributed by atoms with Gasteiger partial charge in [-0.2, -0.15) is 0 Å². The van der Waals surface area contributed by atoms with Crippen LogP contribution in [-0.4, -0.2) is 46.7 Å². The van der Waals surface area contributed by atoms with E-state index < -0.39 is 0 Å². The third kappa shape index (κ3) is 3.11. The molecule has 1 aromatic rings. The first-order valence-electron chi connectivity index (χ1n) is 8.80. The quantitative estimate of drug-likeness (QED) is 0.591. The number of carbonyl (C=O) groups excluding carboxylic acids is 3. The summed E-state index contributed by atoms with van der Waals surface area (Å²) in [5, 5.41) is 0. The minimum atomic E-state index is -0.260. The average Bonchev–Trinajstić information content (AvgIpc) is 2.99. The maximum Gasteiger partial charge on any atom is 0.261 e. The van der Waals surface area contributed by atoms with Gasteiger partial charge >= 0.3 is 0 Å². The fourth-order valence-electron chi connectivity index (χ4n) is 3.79. The first-order chi connectivity index (χ1) is 11.9. The summed E-state index contributed by atoms with van der Waals surface area (Å²) in [4.78, 5) is 41.0. The van der Waals surface area contributed by atoms with Gasteiger partial charge in [0.15, 0.2) is 0 Å². The fourth-order valence-corrected chi connectivity index (χ4v) is 3.79. The van der Waals surface area contributed by atoms with Crippen LogP contribution < -0.4 is 0 Å². The van der Waals surface area contributed by atoms with Crippen molar-refractivity contribution in [1.82, 2.24) is 9.80 Å². The van der Waals surface area contributed by atoms with Crippen LogP contribution in [0.25, 0.3) is 0 Å². The SMILES string of the molecule is C=CC[C@@H]1C[C@@H](CN2C(=O)c3ccccc3C2=O)N(CC(C)C)C1=O. The van der Waals surface area contributed by atoms with E-state index >= 15 is 0 Å². The largest absolute Gasteiger partial charge is 0.337 e. The first kappa shape index (κ1) is 17.4. The smallest absolute Gasteiger partial charge is 0.261 e. The van der Waals surface area contributed by atoms with Crippen LogP contribution in [0.4, 0.5) is 0 Å². The molecule has 25 heavy (non-hydrogen) atoms. The van der Waals surface area contributed by atoms with E-state index in [0.717, 1.165) is 0 Å². The summed E-state index contributed by atoms with van der Waals surface area (Å²) >= 11 is 0. The highest BCUT2D eigenvalue weighted by Crippen LogP contribution is 2.31. The van der Waals surface area contributed by atoms with E-state index in [1.807, 2.05) is 4.90 Å². The van der Waals surface area contributed by atoms with Crippen LogP contribution in [0.3, 0.4) is 0 Å². The zero-order valence-corrected chi connectivity index (χ0v) is 14.8. The molecule has 1 fully saturated rings. The van der Waals surface area contributed by atoms with Gasteiger partial charge in [-0.05, 0) is 30.9 Å². The molecule has 5 nitrogen and oxygen atoms in total. The lowest BCUT2D eigenvalue weighted by atomic mass is 10.0. The van der Waals surface area contributed by atoms with Gasteiger partial charge in [0.1, 0.15) is 0 Å². The number of hydrogen-bond acceptors (Lipinski definition) is 3. The minimum Gasteiger partial charge on any atom is -0.337 e. The summed E-state index contributed by atoms with van der Waals surface area (Å²) in [6.07, 6.45) is 3.05. The molecule has 2 heterocycles. The number of likely N-dealkylation sites (tertiary alicyclic amines) is 1. The van der Waals surface area contributed by atoms with E-state index in [-0.39, 0.29) is 36.2 Å². The molecule has 0 saturated carbocycles. The number of imide groups is 1. The Hall–Kier alpha value is -2.43. The topological polar surface area (TPSA) is 57.7 Å².